The lowest BCUT2D eigenvalue weighted by molar-refractivity contribution is 0.0569. The number of likely N-dealkylation sites (tertiary alicyclic amines) is 1. The maximum atomic E-state index is 12.7. The number of benzene rings is 2. The number of amides is 1. The van der Waals surface area contributed by atoms with Gasteiger partial charge in [-0.1, -0.05) is 41.6 Å². The maximum Gasteiger partial charge on any atom is 0.253 e. The fraction of sp³-hybridized carbons (Fsp3) is 0.150. The van der Waals surface area contributed by atoms with E-state index in [1.807, 2.05) is 64.9 Å². The van der Waals surface area contributed by atoms with E-state index in [4.69, 9.17) is 4.52 Å². The van der Waals surface area contributed by atoms with E-state index in [9.17, 15) is 4.79 Å². The van der Waals surface area contributed by atoms with E-state index in [1.165, 1.54) is 0 Å². The highest BCUT2D eigenvalue weighted by molar-refractivity contribution is 7.13. The average molecular weight is 361 g/mol. The van der Waals surface area contributed by atoms with Crippen molar-refractivity contribution in [3.8, 4) is 10.7 Å². The molecule has 2 aromatic carbocycles. The summed E-state index contributed by atoms with van der Waals surface area (Å²) in [6.45, 7) is 1.22. The largest absolute Gasteiger partial charge is 0.339 e. The number of thiophene rings is 1. The predicted octanol–water partition coefficient (Wildman–Crippen LogP) is 4.19. The Morgan fingerprint density at radius 2 is 1.92 bits per heavy atom. The van der Waals surface area contributed by atoms with Gasteiger partial charge in [0.1, 0.15) is 0 Å². The molecule has 0 atom stereocenters. The number of nitrogens with zero attached hydrogens (tertiary/aromatic N) is 3. The number of hydrogen-bond donors (Lipinski definition) is 0. The second-order valence-electron chi connectivity index (χ2n) is 6.40. The van der Waals surface area contributed by atoms with Gasteiger partial charge >= 0.3 is 0 Å². The summed E-state index contributed by atoms with van der Waals surface area (Å²) in [5.74, 6) is 1.39. The number of hydrogen-bond acceptors (Lipinski definition) is 5. The van der Waals surface area contributed by atoms with Crippen molar-refractivity contribution in [1.82, 2.24) is 15.0 Å². The van der Waals surface area contributed by atoms with E-state index in [0.717, 1.165) is 15.6 Å². The first-order valence-corrected chi connectivity index (χ1v) is 9.31. The van der Waals surface area contributed by atoms with Crippen molar-refractivity contribution in [1.29, 1.82) is 0 Å². The Morgan fingerprint density at radius 1 is 1.08 bits per heavy atom. The van der Waals surface area contributed by atoms with Crippen molar-refractivity contribution in [3.05, 3.63) is 71.4 Å². The molecule has 1 aliphatic heterocycles. The third-order valence-electron chi connectivity index (χ3n) is 4.70. The molecule has 3 heterocycles. The molecule has 6 heteroatoms. The fourth-order valence-electron chi connectivity index (χ4n) is 3.21. The van der Waals surface area contributed by atoms with Gasteiger partial charge in [0.05, 0.1) is 10.8 Å². The fourth-order valence-corrected chi connectivity index (χ4v) is 3.86. The number of carbonyl (C=O) groups excluding carboxylic acids is 1. The third kappa shape index (κ3) is 2.59. The van der Waals surface area contributed by atoms with Crippen LogP contribution >= 0.6 is 11.3 Å². The molecule has 0 spiro atoms. The lowest BCUT2D eigenvalue weighted by Crippen LogP contribution is -2.48. The molecule has 1 amide bonds. The number of aromatic nitrogens is 2. The zero-order valence-corrected chi connectivity index (χ0v) is 14.6. The highest BCUT2D eigenvalue weighted by Gasteiger charge is 2.36. The Labute approximate surface area is 153 Å². The summed E-state index contributed by atoms with van der Waals surface area (Å²) in [6.07, 6.45) is 0. The normalized spacial score (nSPS) is 14.5. The molecule has 26 heavy (non-hydrogen) atoms. The van der Waals surface area contributed by atoms with E-state index >= 15 is 0 Å². The molecule has 2 aromatic heterocycles. The van der Waals surface area contributed by atoms with E-state index < -0.39 is 0 Å². The van der Waals surface area contributed by atoms with Crippen LogP contribution in [-0.4, -0.2) is 34.0 Å². The van der Waals surface area contributed by atoms with Crippen LogP contribution < -0.4 is 0 Å². The first kappa shape index (κ1) is 15.3. The lowest BCUT2D eigenvalue weighted by atomic mass is 9.98. The second-order valence-corrected chi connectivity index (χ2v) is 7.35. The van der Waals surface area contributed by atoms with Crippen molar-refractivity contribution in [2.45, 2.75) is 5.92 Å². The summed E-state index contributed by atoms with van der Waals surface area (Å²) < 4.78 is 5.39. The van der Waals surface area contributed by atoms with Crippen LogP contribution in [0.3, 0.4) is 0 Å². The van der Waals surface area contributed by atoms with Gasteiger partial charge in [0.25, 0.3) is 5.91 Å². The monoisotopic (exact) mass is 361 g/mol. The molecule has 1 saturated heterocycles. The van der Waals surface area contributed by atoms with Gasteiger partial charge in [0.15, 0.2) is 0 Å². The molecular formula is C20H15N3O2S. The molecule has 0 radical (unpaired) electrons. The van der Waals surface area contributed by atoms with Crippen LogP contribution in [0.25, 0.3) is 21.5 Å². The Bertz CT molecular complexity index is 1080. The van der Waals surface area contributed by atoms with Crippen molar-refractivity contribution in [2.75, 3.05) is 13.1 Å². The Morgan fingerprint density at radius 3 is 2.73 bits per heavy atom. The van der Waals surface area contributed by atoms with Crippen LogP contribution in [-0.2, 0) is 0 Å². The first-order valence-electron chi connectivity index (χ1n) is 8.43. The number of rotatable bonds is 3. The highest BCUT2D eigenvalue weighted by atomic mass is 32.1. The summed E-state index contributed by atoms with van der Waals surface area (Å²) in [6, 6.07) is 17.8. The molecule has 0 bridgehead atoms. The number of carbonyl (C=O) groups is 1. The molecule has 4 aromatic rings. The SMILES string of the molecule is O=C(c1ccc2ccccc2c1)N1CC(c2nc(-c3cccs3)no2)C1. The standard InChI is InChI=1S/C20H15N3O2S/c24-20(15-8-7-13-4-1-2-5-14(13)10-15)23-11-16(12-23)19-21-18(22-25-19)17-6-3-9-26-17/h1-10,16H,11-12H2. The topological polar surface area (TPSA) is 59.2 Å². The zero-order chi connectivity index (χ0) is 17.5. The highest BCUT2D eigenvalue weighted by Crippen LogP contribution is 2.30. The van der Waals surface area contributed by atoms with Crippen molar-refractivity contribution < 1.29 is 9.32 Å². The Balaban J connectivity index is 1.29. The van der Waals surface area contributed by atoms with E-state index in [1.54, 1.807) is 11.3 Å². The van der Waals surface area contributed by atoms with Crippen LogP contribution in [0.1, 0.15) is 22.2 Å². The smallest absolute Gasteiger partial charge is 0.253 e. The lowest BCUT2D eigenvalue weighted by Gasteiger charge is -2.37. The van der Waals surface area contributed by atoms with Gasteiger partial charge in [-0.05, 0) is 34.4 Å². The van der Waals surface area contributed by atoms with Gasteiger partial charge in [-0.2, -0.15) is 4.98 Å². The summed E-state index contributed by atoms with van der Waals surface area (Å²) in [4.78, 5) is 20.0. The molecular weight excluding hydrogens is 346 g/mol. The molecule has 0 saturated carbocycles. The van der Waals surface area contributed by atoms with Gasteiger partial charge in [0.2, 0.25) is 11.7 Å². The predicted molar refractivity (Wildman–Crippen MR) is 100 cm³/mol. The molecule has 0 aliphatic carbocycles. The minimum absolute atomic E-state index is 0.0463. The maximum absolute atomic E-state index is 12.7. The van der Waals surface area contributed by atoms with Crippen LogP contribution in [0.2, 0.25) is 0 Å². The molecule has 0 unspecified atom stereocenters. The van der Waals surface area contributed by atoms with Gasteiger partial charge in [-0.3, -0.25) is 4.79 Å². The van der Waals surface area contributed by atoms with Gasteiger partial charge in [0, 0.05) is 18.7 Å². The zero-order valence-electron chi connectivity index (χ0n) is 13.8. The van der Waals surface area contributed by atoms with Crippen LogP contribution in [0.5, 0.6) is 0 Å². The van der Waals surface area contributed by atoms with E-state index in [2.05, 4.69) is 10.1 Å². The molecule has 5 nitrogen and oxygen atoms in total. The summed E-state index contributed by atoms with van der Waals surface area (Å²) in [7, 11) is 0. The molecule has 5 rings (SSSR count). The third-order valence-corrected chi connectivity index (χ3v) is 5.56. The average Bonchev–Trinajstić information content (AvgIpc) is 3.31. The second kappa shape index (κ2) is 6.07. The quantitative estimate of drug-likeness (QED) is 0.549. The first-order chi connectivity index (χ1) is 12.8. The van der Waals surface area contributed by atoms with E-state index in [-0.39, 0.29) is 11.8 Å². The van der Waals surface area contributed by atoms with Crippen LogP contribution in [0.4, 0.5) is 0 Å². The molecule has 128 valence electrons. The Kier molecular flexibility index (Phi) is 3.57. The number of fused-ring (bicyclic) bond motifs is 1. The summed E-state index contributed by atoms with van der Waals surface area (Å²) in [5, 5.41) is 8.24. The van der Waals surface area contributed by atoms with Gasteiger partial charge < -0.3 is 9.42 Å². The molecule has 1 fully saturated rings. The molecule has 0 N–H and O–H groups in total. The van der Waals surface area contributed by atoms with Crippen LogP contribution in [0, 0.1) is 0 Å². The van der Waals surface area contributed by atoms with Crippen LogP contribution in [0.15, 0.2) is 64.5 Å². The van der Waals surface area contributed by atoms with Crippen molar-refractivity contribution in [2.24, 2.45) is 0 Å². The van der Waals surface area contributed by atoms with Crippen molar-refractivity contribution >= 4 is 28.0 Å². The van der Waals surface area contributed by atoms with Crippen molar-refractivity contribution in [3.63, 3.8) is 0 Å². The minimum atomic E-state index is 0.0463. The minimum Gasteiger partial charge on any atom is -0.339 e. The van der Waals surface area contributed by atoms with Gasteiger partial charge in [-0.25, -0.2) is 0 Å². The van der Waals surface area contributed by atoms with E-state index in [0.29, 0.717) is 30.4 Å². The Hall–Kier alpha value is -2.99. The van der Waals surface area contributed by atoms with Gasteiger partial charge in [-0.15, -0.1) is 11.3 Å². The summed E-state index contributed by atoms with van der Waals surface area (Å²) in [5.41, 5.74) is 0.715. The summed E-state index contributed by atoms with van der Waals surface area (Å²) >= 11 is 1.58. The molecule has 1 aliphatic rings.